The lowest BCUT2D eigenvalue weighted by Gasteiger charge is -2.32. The number of piperidine rings is 1. The molecule has 0 aliphatic carbocycles. The van der Waals surface area contributed by atoms with Gasteiger partial charge in [0.15, 0.2) is 0 Å². The molecular formula is C27H29N3O2. The van der Waals surface area contributed by atoms with E-state index < -0.39 is 0 Å². The van der Waals surface area contributed by atoms with Crippen molar-refractivity contribution < 1.29 is 9.53 Å². The van der Waals surface area contributed by atoms with Gasteiger partial charge in [0.2, 0.25) is 5.91 Å². The zero-order valence-corrected chi connectivity index (χ0v) is 18.7. The fourth-order valence-electron chi connectivity index (χ4n) is 4.21. The van der Waals surface area contributed by atoms with Crippen LogP contribution < -0.4 is 4.74 Å². The smallest absolute Gasteiger partial charge is 0.246 e. The second kappa shape index (κ2) is 10.2. The van der Waals surface area contributed by atoms with E-state index in [-0.39, 0.29) is 11.8 Å². The van der Waals surface area contributed by atoms with Gasteiger partial charge < -0.3 is 9.64 Å². The van der Waals surface area contributed by atoms with E-state index in [1.54, 1.807) is 13.2 Å². The summed E-state index contributed by atoms with van der Waals surface area (Å²) in [6, 6.07) is 18.1. The minimum absolute atomic E-state index is 0.0425. The molecule has 0 saturated carbocycles. The number of ether oxygens (including phenoxy) is 1. The number of hydrogen-bond acceptors (Lipinski definition) is 4. The van der Waals surface area contributed by atoms with Crippen LogP contribution in [0.15, 0.2) is 66.9 Å². The molecular weight excluding hydrogens is 398 g/mol. The average molecular weight is 428 g/mol. The minimum Gasteiger partial charge on any atom is -0.497 e. The van der Waals surface area contributed by atoms with Gasteiger partial charge in [0.1, 0.15) is 11.6 Å². The number of methoxy groups -OCH3 is 1. The standard InChI is InChI=1S/C27H29N3O2/c1-20-28-18-24(17-22-7-4-3-5-8-22)27(29-20)23-9-6-16-30(19-23)26(31)15-12-21-10-13-25(32-2)14-11-21/h3-5,7-8,10-15,18,23H,6,9,16-17,19H2,1-2H3. The summed E-state index contributed by atoms with van der Waals surface area (Å²) in [6.07, 6.45) is 8.29. The molecule has 5 nitrogen and oxygen atoms in total. The number of aryl methyl sites for hydroxylation is 1. The third-order valence-electron chi connectivity index (χ3n) is 5.91. The lowest BCUT2D eigenvalue weighted by atomic mass is 9.90. The molecule has 0 spiro atoms. The predicted octanol–water partition coefficient (Wildman–Crippen LogP) is 4.80. The molecule has 2 aromatic carbocycles. The van der Waals surface area contributed by atoms with Crippen LogP contribution in [0.1, 0.15) is 47.0 Å². The molecule has 2 heterocycles. The monoisotopic (exact) mass is 427 g/mol. The van der Waals surface area contributed by atoms with Crippen molar-refractivity contribution in [2.75, 3.05) is 20.2 Å². The normalized spacial score (nSPS) is 16.3. The third-order valence-corrected chi connectivity index (χ3v) is 5.91. The zero-order chi connectivity index (χ0) is 22.3. The SMILES string of the molecule is COc1ccc(C=CC(=O)N2CCCC(c3nc(C)ncc3Cc3ccccc3)C2)cc1. The summed E-state index contributed by atoms with van der Waals surface area (Å²) in [5.74, 6) is 1.85. The first-order valence-electron chi connectivity index (χ1n) is 11.1. The van der Waals surface area contributed by atoms with Gasteiger partial charge in [-0.05, 0) is 54.7 Å². The van der Waals surface area contributed by atoms with Gasteiger partial charge in [0.05, 0.1) is 12.8 Å². The number of nitrogens with zero attached hydrogens (tertiary/aromatic N) is 3. The highest BCUT2D eigenvalue weighted by molar-refractivity contribution is 5.91. The van der Waals surface area contributed by atoms with Crippen LogP contribution in [0.3, 0.4) is 0 Å². The lowest BCUT2D eigenvalue weighted by molar-refractivity contribution is -0.127. The van der Waals surface area contributed by atoms with Gasteiger partial charge in [0.25, 0.3) is 0 Å². The van der Waals surface area contributed by atoms with Crippen LogP contribution in [0, 0.1) is 6.92 Å². The Morgan fingerprint density at radius 3 is 2.69 bits per heavy atom. The molecule has 1 unspecified atom stereocenters. The van der Waals surface area contributed by atoms with Crippen LogP contribution in [0.5, 0.6) is 5.75 Å². The highest BCUT2D eigenvalue weighted by atomic mass is 16.5. The molecule has 1 aliphatic rings. The summed E-state index contributed by atoms with van der Waals surface area (Å²) in [5.41, 5.74) is 4.45. The number of carbonyl (C=O) groups excluding carboxylic acids is 1. The van der Waals surface area contributed by atoms with E-state index in [4.69, 9.17) is 9.72 Å². The summed E-state index contributed by atoms with van der Waals surface area (Å²) in [4.78, 5) is 24.1. The van der Waals surface area contributed by atoms with E-state index in [0.717, 1.165) is 54.2 Å². The molecule has 4 rings (SSSR count). The van der Waals surface area contributed by atoms with Crippen molar-refractivity contribution in [1.29, 1.82) is 0 Å². The zero-order valence-electron chi connectivity index (χ0n) is 18.7. The Kier molecular flexibility index (Phi) is 6.95. The van der Waals surface area contributed by atoms with E-state index >= 15 is 0 Å². The van der Waals surface area contributed by atoms with E-state index in [2.05, 4.69) is 29.2 Å². The summed E-state index contributed by atoms with van der Waals surface area (Å²) in [6.45, 7) is 3.39. The Balaban J connectivity index is 1.48. The first-order chi connectivity index (χ1) is 15.6. The first-order valence-corrected chi connectivity index (χ1v) is 11.1. The molecule has 1 amide bonds. The van der Waals surface area contributed by atoms with Crippen molar-refractivity contribution in [3.8, 4) is 5.75 Å². The average Bonchev–Trinajstić information content (AvgIpc) is 2.84. The number of carbonyl (C=O) groups is 1. The van der Waals surface area contributed by atoms with Crippen LogP contribution in [0.2, 0.25) is 0 Å². The minimum atomic E-state index is 0.0425. The molecule has 3 aromatic rings. The van der Waals surface area contributed by atoms with Crippen LogP contribution in [-0.4, -0.2) is 41.0 Å². The van der Waals surface area contributed by atoms with Gasteiger partial charge in [-0.2, -0.15) is 0 Å². The molecule has 164 valence electrons. The van der Waals surface area contributed by atoms with E-state index in [0.29, 0.717) is 6.54 Å². The van der Waals surface area contributed by atoms with Crippen LogP contribution in [0.25, 0.3) is 6.08 Å². The number of rotatable bonds is 6. The van der Waals surface area contributed by atoms with Crippen molar-refractivity contribution in [1.82, 2.24) is 14.9 Å². The number of amides is 1. The summed E-state index contributed by atoms with van der Waals surface area (Å²) in [7, 11) is 1.64. The molecule has 0 radical (unpaired) electrons. The summed E-state index contributed by atoms with van der Waals surface area (Å²) >= 11 is 0. The largest absolute Gasteiger partial charge is 0.497 e. The van der Waals surface area contributed by atoms with Crippen molar-refractivity contribution in [3.63, 3.8) is 0 Å². The topological polar surface area (TPSA) is 55.3 Å². The maximum atomic E-state index is 12.9. The van der Waals surface area contributed by atoms with Crippen molar-refractivity contribution >= 4 is 12.0 Å². The van der Waals surface area contributed by atoms with Crippen molar-refractivity contribution in [2.24, 2.45) is 0 Å². The lowest BCUT2D eigenvalue weighted by Crippen LogP contribution is -2.38. The van der Waals surface area contributed by atoms with Gasteiger partial charge in [-0.1, -0.05) is 42.5 Å². The molecule has 1 fully saturated rings. The second-order valence-corrected chi connectivity index (χ2v) is 8.22. The van der Waals surface area contributed by atoms with Crippen LogP contribution in [0.4, 0.5) is 0 Å². The van der Waals surface area contributed by atoms with E-state index in [9.17, 15) is 4.79 Å². The number of hydrogen-bond donors (Lipinski definition) is 0. The quantitative estimate of drug-likeness (QED) is 0.530. The van der Waals surface area contributed by atoms with Gasteiger partial charge in [-0.25, -0.2) is 9.97 Å². The molecule has 0 bridgehead atoms. The van der Waals surface area contributed by atoms with Crippen LogP contribution >= 0.6 is 0 Å². The fraction of sp³-hybridized carbons (Fsp3) is 0.296. The second-order valence-electron chi connectivity index (χ2n) is 8.22. The molecule has 0 N–H and O–H groups in total. The Morgan fingerprint density at radius 2 is 1.94 bits per heavy atom. The van der Waals surface area contributed by atoms with Crippen molar-refractivity contribution in [3.05, 3.63) is 95.1 Å². The first kappa shape index (κ1) is 21.8. The Hall–Kier alpha value is -3.47. The van der Waals surface area contributed by atoms with Gasteiger partial charge >= 0.3 is 0 Å². The predicted molar refractivity (Wildman–Crippen MR) is 127 cm³/mol. The maximum absolute atomic E-state index is 12.9. The number of likely N-dealkylation sites (tertiary alicyclic amines) is 1. The molecule has 1 atom stereocenters. The highest BCUT2D eigenvalue weighted by Crippen LogP contribution is 2.29. The molecule has 32 heavy (non-hydrogen) atoms. The van der Waals surface area contributed by atoms with E-state index in [1.807, 2.05) is 54.4 Å². The maximum Gasteiger partial charge on any atom is 0.246 e. The fourth-order valence-corrected chi connectivity index (χ4v) is 4.21. The van der Waals surface area contributed by atoms with E-state index in [1.165, 1.54) is 5.56 Å². The van der Waals surface area contributed by atoms with Gasteiger partial charge in [-0.15, -0.1) is 0 Å². The Labute approximate surface area is 189 Å². The number of aromatic nitrogens is 2. The summed E-state index contributed by atoms with van der Waals surface area (Å²) < 4.78 is 5.19. The molecule has 1 aromatic heterocycles. The molecule has 1 saturated heterocycles. The highest BCUT2D eigenvalue weighted by Gasteiger charge is 2.26. The van der Waals surface area contributed by atoms with Gasteiger partial charge in [0, 0.05) is 37.7 Å². The number of benzene rings is 2. The van der Waals surface area contributed by atoms with Crippen LogP contribution in [-0.2, 0) is 11.2 Å². The Morgan fingerprint density at radius 1 is 1.16 bits per heavy atom. The molecule has 5 heteroatoms. The Bertz CT molecular complexity index is 1080. The molecule has 1 aliphatic heterocycles. The summed E-state index contributed by atoms with van der Waals surface area (Å²) in [5, 5.41) is 0. The van der Waals surface area contributed by atoms with Gasteiger partial charge in [-0.3, -0.25) is 4.79 Å². The third kappa shape index (κ3) is 5.41. The van der Waals surface area contributed by atoms with Crippen molar-refractivity contribution in [2.45, 2.75) is 32.1 Å².